The van der Waals surface area contributed by atoms with Crippen molar-refractivity contribution in [1.82, 2.24) is 4.57 Å². The van der Waals surface area contributed by atoms with Gasteiger partial charge >= 0.3 is 5.97 Å². The Morgan fingerprint density at radius 1 is 1.22 bits per heavy atom. The van der Waals surface area contributed by atoms with Gasteiger partial charge in [0.25, 0.3) is 0 Å². The Bertz CT molecular complexity index is 768. The van der Waals surface area contributed by atoms with E-state index in [-0.39, 0.29) is 0 Å². The maximum atomic E-state index is 11.7. The second-order valence-electron chi connectivity index (χ2n) is 6.26. The van der Waals surface area contributed by atoms with Crippen LogP contribution < -0.4 is 0 Å². The van der Waals surface area contributed by atoms with Gasteiger partial charge < -0.3 is 9.67 Å². The summed E-state index contributed by atoms with van der Waals surface area (Å²) in [5, 5.41) is 19.4. The number of carbonyl (C=O) groups is 1. The molecule has 0 fully saturated rings. The minimum atomic E-state index is -0.860. The molecule has 1 aliphatic rings. The van der Waals surface area contributed by atoms with Crippen LogP contribution in [-0.4, -0.2) is 15.6 Å². The molecule has 0 radical (unpaired) electrons. The normalized spacial score (nSPS) is 14.2. The molecule has 0 saturated heterocycles. The van der Waals surface area contributed by atoms with Crippen molar-refractivity contribution in [3.63, 3.8) is 0 Å². The van der Waals surface area contributed by atoms with Gasteiger partial charge in [-0.2, -0.15) is 5.26 Å². The lowest BCUT2D eigenvalue weighted by molar-refractivity contribution is 0.0698. The number of carboxylic acid groups (broad SMARTS) is 1. The van der Waals surface area contributed by atoms with Gasteiger partial charge in [-0.25, -0.2) is 4.79 Å². The van der Waals surface area contributed by atoms with E-state index in [1.165, 1.54) is 30.5 Å². The lowest BCUT2D eigenvalue weighted by Gasteiger charge is -2.12. The van der Waals surface area contributed by atoms with E-state index in [2.05, 4.69) is 16.7 Å². The fourth-order valence-electron chi connectivity index (χ4n) is 3.76. The zero-order valence-corrected chi connectivity index (χ0v) is 13.3. The summed E-state index contributed by atoms with van der Waals surface area (Å²) in [6, 6.07) is 7.81. The molecule has 0 amide bonds. The Hall–Kier alpha value is -2.28. The highest BCUT2D eigenvalue weighted by Gasteiger charge is 2.22. The molecule has 0 bridgehead atoms. The summed E-state index contributed by atoms with van der Waals surface area (Å²) < 4.78 is 2.23. The number of para-hydroxylation sites is 1. The topological polar surface area (TPSA) is 66.0 Å². The van der Waals surface area contributed by atoms with Crippen LogP contribution in [0.15, 0.2) is 18.2 Å². The minimum absolute atomic E-state index is 0.399. The fourth-order valence-corrected chi connectivity index (χ4v) is 3.76. The summed E-state index contributed by atoms with van der Waals surface area (Å²) in [5.74, 6) is -0.860. The highest BCUT2D eigenvalue weighted by atomic mass is 16.4. The van der Waals surface area contributed by atoms with E-state index in [4.69, 9.17) is 5.26 Å². The predicted octanol–water partition coefficient (Wildman–Crippen LogP) is 4.30. The molecule has 0 aliphatic heterocycles. The van der Waals surface area contributed by atoms with E-state index in [0.717, 1.165) is 43.1 Å². The minimum Gasteiger partial charge on any atom is -0.478 e. The quantitative estimate of drug-likeness (QED) is 0.661. The number of aromatic nitrogens is 1. The molecule has 0 saturated carbocycles. The van der Waals surface area contributed by atoms with E-state index < -0.39 is 5.97 Å². The summed E-state index contributed by atoms with van der Waals surface area (Å²) in [5.41, 5.74) is 3.95. The maximum absolute atomic E-state index is 11.7. The second-order valence-corrected chi connectivity index (χ2v) is 6.26. The van der Waals surface area contributed by atoms with Crippen LogP contribution >= 0.6 is 0 Å². The molecular weight excluding hydrogens is 288 g/mol. The fraction of sp³-hybridized carbons (Fsp3) is 0.474. The first-order valence-corrected chi connectivity index (χ1v) is 8.47. The highest BCUT2D eigenvalue weighted by Crippen LogP contribution is 2.33. The molecule has 1 aromatic carbocycles. The summed E-state index contributed by atoms with van der Waals surface area (Å²) >= 11 is 0. The molecule has 120 valence electrons. The number of rotatable bonds is 5. The number of aryl methyl sites for hydroxylation is 2. The molecule has 0 spiro atoms. The number of nitriles is 1. The predicted molar refractivity (Wildman–Crippen MR) is 89.6 cm³/mol. The zero-order chi connectivity index (χ0) is 16.2. The SMILES string of the molecule is N#CCCCCn1c2c(c3cccc(C(=O)O)c31)CCCCC2. The summed E-state index contributed by atoms with van der Waals surface area (Å²) in [7, 11) is 0. The second kappa shape index (κ2) is 6.87. The number of benzene rings is 1. The molecule has 1 heterocycles. The van der Waals surface area contributed by atoms with E-state index >= 15 is 0 Å². The first-order chi connectivity index (χ1) is 11.2. The van der Waals surface area contributed by atoms with Gasteiger partial charge in [0.2, 0.25) is 0 Å². The van der Waals surface area contributed by atoms with Crippen LogP contribution in [0.2, 0.25) is 0 Å². The number of hydrogen-bond acceptors (Lipinski definition) is 2. The first-order valence-electron chi connectivity index (χ1n) is 8.47. The molecule has 0 unspecified atom stereocenters. The molecular formula is C19H22N2O2. The van der Waals surface area contributed by atoms with Gasteiger partial charge in [0, 0.05) is 24.0 Å². The van der Waals surface area contributed by atoms with Gasteiger partial charge in [-0.3, -0.25) is 0 Å². The molecule has 4 nitrogen and oxygen atoms in total. The largest absolute Gasteiger partial charge is 0.478 e. The third kappa shape index (κ3) is 2.96. The first kappa shape index (κ1) is 15.6. The maximum Gasteiger partial charge on any atom is 0.337 e. The van der Waals surface area contributed by atoms with Crippen LogP contribution in [0.4, 0.5) is 0 Å². The Labute approximate surface area is 136 Å². The van der Waals surface area contributed by atoms with Crippen LogP contribution in [0.5, 0.6) is 0 Å². The number of nitrogens with zero attached hydrogens (tertiary/aromatic N) is 2. The van der Waals surface area contributed by atoms with Gasteiger partial charge in [0.05, 0.1) is 17.1 Å². The van der Waals surface area contributed by atoms with E-state index in [9.17, 15) is 9.90 Å². The Morgan fingerprint density at radius 2 is 2.04 bits per heavy atom. The van der Waals surface area contributed by atoms with Crippen molar-refractivity contribution >= 4 is 16.9 Å². The molecule has 1 aliphatic carbocycles. The Balaban J connectivity index is 2.11. The Morgan fingerprint density at radius 3 is 2.83 bits per heavy atom. The third-order valence-corrected chi connectivity index (χ3v) is 4.80. The number of unbranched alkanes of at least 4 members (excludes halogenated alkanes) is 2. The van der Waals surface area contributed by atoms with Crippen molar-refractivity contribution in [3.8, 4) is 6.07 Å². The molecule has 2 aromatic rings. The van der Waals surface area contributed by atoms with Gasteiger partial charge in [0.1, 0.15) is 0 Å². The lowest BCUT2D eigenvalue weighted by Crippen LogP contribution is -2.07. The number of aromatic carboxylic acids is 1. The van der Waals surface area contributed by atoms with E-state index in [1.54, 1.807) is 6.07 Å². The van der Waals surface area contributed by atoms with Gasteiger partial charge in [0.15, 0.2) is 0 Å². The van der Waals surface area contributed by atoms with Gasteiger partial charge in [-0.15, -0.1) is 0 Å². The molecule has 3 rings (SSSR count). The average molecular weight is 310 g/mol. The van der Waals surface area contributed by atoms with Gasteiger partial charge in [-0.05, 0) is 50.2 Å². The molecule has 4 heteroatoms. The number of hydrogen-bond donors (Lipinski definition) is 1. The summed E-state index contributed by atoms with van der Waals surface area (Å²) in [6.45, 7) is 0.803. The van der Waals surface area contributed by atoms with Crippen molar-refractivity contribution in [2.45, 2.75) is 57.9 Å². The van der Waals surface area contributed by atoms with Crippen LogP contribution in [0, 0.1) is 11.3 Å². The molecule has 0 atom stereocenters. The number of carboxylic acids is 1. The van der Waals surface area contributed by atoms with E-state index in [0.29, 0.717) is 12.0 Å². The van der Waals surface area contributed by atoms with Crippen molar-refractivity contribution in [2.75, 3.05) is 0 Å². The standard InChI is InChI=1S/C19H22N2O2/c20-12-5-2-6-13-21-17-11-4-1-3-8-14(17)15-9-7-10-16(18(15)21)19(22)23/h7,9-10H,1-6,8,11,13H2,(H,22,23). The monoisotopic (exact) mass is 310 g/mol. The average Bonchev–Trinajstić information content (AvgIpc) is 2.71. The molecule has 23 heavy (non-hydrogen) atoms. The Kier molecular flexibility index (Phi) is 4.66. The van der Waals surface area contributed by atoms with Crippen LogP contribution in [0.25, 0.3) is 10.9 Å². The lowest BCUT2D eigenvalue weighted by atomic mass is 10.0. The smallest absolute Gasteiger partial charge is 0.337 e. The molecule has 1 aromatic heterocycles. The van der Waals surface area contributed by atoms with Crippen molar-refractivity contribution in [3.05, 3.63) is 35.0 Å². The number of fused-ring (bicyclic) bond motifs is 3. The van der Waals surface area contributed by atoms with Crippen LogP contribution in [0.1, 0.15) is 60.1 Å². The van der Waals surface area contributed by atoms with Crippen LogP contribution in [0.3, 0.4) is 0 Å². The molecule has 1 N–H and O–H groups in total. The van der Waals surface area contributed by atoms with Crippen molar-refractivity contribution < 1.29 is 9.90 Å². The third-order valence-electron chi connectivity index (χ3n) is 4.80. The zero-order valence-electron chi connectivity index (χ0n) is 13.3. The highest BCUT2D eigenvalue weighted by molar-refractivity contribution is 6.04. The van der Waals surface area contributed by atoms with Crippen molar-refractivity contribution in [1.29, 1.82) is 5.26 Å². The van der Waals surface area contributed by atoms with Gasteiger partial charge in [-0.1, -0.05) is 18.6 Å². The van der Waals surface area contributed by atoms with Crippen LogP contribution in [-0.2, 0) is 19.4 Å². The van der Waals surface area contributed by atoms with Crippen molar-refractivity contribution in [2.24, 2.45) is 0 Å². The van der Waals surface area contributed by atoms with E-state index in [1.807, 2.05) is 6.07 Å². The summed E-state index contributed by atoms with van der Waals surface area (Å²) in [6.07, 6.45) is 8.00. The summed E-state index contributed by atoms with van der Waals surface area (Å²) in [4.78, 5) is 11.7.